The fraction of sp³-hybridized carbons (Fsp3) is 0.333. The van der Waals surface area contributed by atoms with Gasteiger partial charge in [-0.05, 0) is 6.08 Å². The van der Waals surface area contributed by atoms with Gasteiger partial charge in [0, 0.05) is 14.1 Å². The van der Waals surface area contributed by atoms with Crippen molar-refractivity contribution in [3.05, 3.63) is 22.7 Å². The lowest BCUT2D eigenvalue weighted by molar-refractivity contribution is -0.116. The van der Waals surface area contributed by atoms with E-state index in [0.29, 0.717) is 11.7 Å². The fourth-order valence-electron chi connectivity index (χ4n) is 0.861. The maximum Gasteiger partial charge on any atom is 0.243 e. The molecule has 0 atom stereocenters. The van der Waals surface area contributed by atoms with Crippen LogP contribution in [0.25, 0.3) is 0 Å². The van der Waals surface area contributed by atoms with E-state index in [4.69, 9.17) is 11.6 Å². The molecule has 0 fully saturated rings. The molecule has 0 spiro atoms. The average Bonchev–Trinajstić information content (AvgIpc) is 2.56. The highest BCUT2D eigenvalue weighted by atomic mass is 35.5. The Hall–Kier alpha value is -1.07. The Balaban J connectivity index is 2.69. The summed E-state index contributed by atoms with van der Waals surface area (Å²) in [6, 6.07) is 0. The van der Waals surface area contributed by atoms with Gasteiger partial charge in [-0.3, -0.25) is 4.79 Å². The third kappa shape index (κ3) is 3.21. The lowest BCUT2D eigenvalue weighted by atomic mass is 10.5. The summed E-state index contributed by atoms with van der Waals surface area (Å²) in [5.41, 5.74) is 0. The van der Waals surface area contributed by atoms with Crippen molar-refractivity contribution in [2.24, 2.45) is 0 Å². The first-order valence-corrected chi connectivity index (χ1v) is 5.47. The SMILES string of the molecule is C=CC(=O)NCc1sc(N(C)C)nc1Cl. The molecule has 15 heavy (non-hydrogen) atoms. The topological polar surface area (TPSA) is 45.2 Å². The van der Waals surface area contributed by atoms with E-state index in [0.717, 1.165) is 10.0 Å². The van der Waals surface area contributed by atoms with Gasteiger partial charge in [0.1, 0.15) is 5.15 Å². The minimum Gasteiger partial charge on any atom is -0.354 e. The molecule has 0 unspecified atom stereocenters. The summed E-state index contributed by atoms with van der Waals surface area (Å²) >= 11 is 7.37. The summed E-state index contributed by atoms with van der Waals surface area (Å²) in [7, 11) is 3.78. The van der Waals surface area contributed by atoms with E-state index in [1.54, 1.807) is 0 Å². The molecule has 1 rings (SSSR count). The standard InChI is InChI=1S/C9H12ClN3OS/c1-4-7(14)11-5-6-8(10)12-9(15-6)13(2)3/h4H,1,5H2,2-3H3,(H,11,14). The molecular formula is C9H12ClN3OS. The van der Waals surface area contributed by atoms with Crippen molar-refractivity contribution in [3.63, 3.8) is 0 Å². The third-order valence-electron chi connectivity index (χ3n) is 1.63. The third-order valence-corrected chi connectivity index (χ3v) is 3.28. The monoisotopic (exact) mass is 245 g/mol. The van der Waals surface area contributed by atoms with Crippen LogP contribution in [-0.2, 0) is 11.3 Å². The van der Waals surface area contributed by atoms with Gasteiger partial charge in [-0.25, -0.2) is 4.98 Å². The molecule has 6 heteroatoms. The number of amides is 1. The summed E-state index contributed by atoms with van der Waals surface area (Å²) in [6.07, 6.45) is 1.22. The number of thiazole rings is 1. The first-order chi connectivity index (χ1) is 7.04. The molecular weight excluding hydrogens is 234 g/mol. The maximum atomic E-state index is 10.9. The number of halogens is 1. The molecule has 1 heterocycles. The van der Waals surface area contributed by atoms with Gasteiger partial charge in [-0.15, -0.1) is 0 Å². The van der Waals surface area contributed by atoms with Crippen molar-refractivity contribution in [1.82, 2.24) is 10.3 Å². The Morgan fingerprint density at radius 3 is 2.87 bits per heavy atom. The van der Waals surface area contributed by atoms with Gasteiger partial charge in [0.05, 0.1) is 11.4 Å². The van der Waals surface area contributed by atoms with E-state index >= 15 is 0 Å². The Kier molecular flexibility index (Phi) is 4.11. The molecule has 0 aliphatic carbocycles. The maximum absolute atomic E-state index is 10.9. The second-order valence-electron chi connectivity index (χ2n) is 3.03. The summed E-state index contributed by atoms with van der Waals surface area (Å²) < 4.78 is 0. The minimum atomic E-state index is -0.217. The van der Waals surface area contributed by atoms with E-state index in [-0.39, 0.29) is 5.91 Å². The van der Waals surface area contributed by atoms with Gasteiger partial charge >= 0.3 is 0 Å². The molecule has 82 valence electrons. The summed E-state index contributed by atoms with van der Waals surface area (Å²) in [4.78, 5) is 17.8. The molecule has 4 nitrogen and oxygen atoms in total. The van der Waals surface area contributed by atoms with Gasteiger partial charge in [-0.1, -0.05) is 29.5 Å². The van der Waals surface area contributed by atoms with Crippen molar-refractivity contribution >= 4 is 34.0 Å². The Bertz CT molecular complexity index is 375. The molecule has 1 aromatic rings. The number of hydrogen-bond acceptors (Lipinski definition) is 4. The molecule has 0 aliphatic heterocycles. The van der Waals surface area contributed by atoms with Gasteiger partial charge in [0.15, 0.2) is 5.13 Å². The zero-order chi connectivity index (χ0) is 11.4. The van der Waals surface area contributed by atoms with Crippen LogP contribution in [-0.4, -0.2) is 25.0 Å². The molecule has 0 aromatic carbocycles. The summed E-state index contributed by atoms with van der Waals surface area (Å²) in [5, 5.41) is 3.91. The second-order valence-corrected chi connectivity index (χ2v) is 4.45. The van der Waals surface area contributed by atoms with Crippen LogP contribution in [0.2, 0.25) is 5.15 Å². The van der Waals surface area contributed by atoms with Crippen molar-refractivity contribution < 1.29 is 4.79 Å². The van der Waals surface area contributed by atoms with Crippen LogP contribution in [0.1, 0.15) is 4.88 Å². The normalized spacial score (nSPS) is 9.80. The number of carbonyl (C=O) groups excluding carboxylic acids is 1. The Morgan fingerprint density at radius 2 is 2.40 bits per heavy atom. The van der Waals surface area contributed by atoms with Crippen LogP contribution in [0.5, 0.6) is 0 Å². The van der Waals surface area contributed by atoms with Crippen molar-refractivity contribution in [1.29, 1.82) is 0 Å². The fourth-order valence-corrected chi connectivity index (χ4v) is 1.99. The van der Waals surface area contributed by atoms with Crippen molar-refractivity contribution in [3.8, 4) is 0 Å². The molecule has 0 bridgehead atoms. The molecule has 1 amide bonds. The van der Waals surface area contributed by atoms with Crippen LogP contribution in [0.4, 0.5) is 5.13 Å². The minimum absolute atomic E-state index is 0.217. The van der Waals surface area contributed by atoms with Crippen LogP contribution in [0.15, 0.2) is 12.7 Å². The van der Waals surface area contributed by atoms with Crippen molar-refractivity contribution in [2.75, 3.05) is 19.0 Å². The lowest BCUT2D eigenvalue weighted by Crippen LogP contribution is -2.19. The largest absolute Gasteiger partial charge is 0.354 e. The lowest BCUT2D eigenvalue weighted by Gasteiger charge is -2.05. The molecule has 1 N–H and O–H groups in total. The number of rotatable bonds is 4. The number of hydrogen-bond donors (Lipinski definition) is 1. The highest BCUT2D eigenvalue weighted by Gasteiger charge is 2.10. The van der Waals surface area contributed by atoms with Crippen LogP contribution < -0.4 is 10.2 Å². The molecule has 0 radical (unpaired) electrons. The predicted molar refractivity (Wildman–Crippen MR) is 63.5 cm³/mol. The van der Waals surface area contributed by atoms with E-state index in [2.05, 4.69) is 16.9 Å². The summed E-state index contributed by atoms with van der Waals surface area (Å²) in [6.45, 7) is 3.75. The molecule has 1 aromatic heterocycles. The molecule has 0 aliphatic rings. The smallest absolute Gasteiger partial charge is 0.243 e. The first-order valence-electron chi connectivity index (χ1n) is 4.27. The van der Waals surface area contributed by atoms with Gasteiger partial charge in [-0.2, -0.15) is 0 Å². The second kappa shape index (κ2) is 5.14. The average molecular weight is 246 g/mol. The van der Waals surface area contributed by atoms with Crippen molar-refractivity contribution in [2.45, 2.75) is 6.54 Å². The van der Waals surface area contributed by atoms with Crippen LogP contribution in [0, 0.1) is 0 Å². The number of carbonyl (C=O) groups is 1. The number of nitrogens with zero attached hydrogens (tertiary/aromatic N) is 2. The Morgan fingerprint density at radius 1 is 1.73 bits per heavy atom. The van der Waals surface area contributed by atoms with Gasteiger partial charge in [0.2, 0.25) is 5.91 Å². The number of anilines is 1. The van der Waals surface area contributed by atoms with Crippen LogP contribution >= 0.6 is 22.9 Å². The highest BCUT2D eigenvalue weighted by Crippen LogP contribution is 2.28. The van der Waals surface area contributed by atoms with Gasteiger partial charge < -0.3 is 10.2 Å². The first kappa shape index (κ1) is 12.0. The van der Waals surface area contributed by atoms with E-state index in [9.17, 15) is 4.79 Å². The zero-order valence-electron chi connectivity index (χ0n) is 8.58. The molecule has 0 saturated carbocycles. The number of aromatic nitrogens is 1. The molecule has 0 saturated heterocycles. The zero-order valence-corrected chi connectivity index (χ0v) is 10.2. The van der Waals surface area contributed by atoms with Crippen LogP contribution in [0.3, 0.4) is 0 Å². The predicted octanol–water partition coefficient (Wildman–Crippen LogP) is 1.66. The quantitative estimate of drug-likeness (QED) is 0.821. The van der Waals surface area contributed by atoms with Gasteiger partial charge in [0.25, 0.3) is 0 Å². The van der Waals surface area contributed by atoms with E-state index < -0.39 is 0 Å². The van der Waals surface area contributed by atoms with E-state index in [1.165, 1.54) is 17.4 Å². The highest BCUT2D eigenvalue weighted by molar-refractivity contribution is 7.16. The summed E-state index contributed by atoms with van der Waals surface area (Å²) in [5.74, 6) is -0.217. The van der Waals surface area contributed by atoms with E-state index in [1.807, 2.05) is 19.0 Å². The number of nitrogens with one attached hydrogen (secondary N) is 1. The Labute approximate surface area is 97.6 Å².